The summed E-state index contributed by atoms with van der Waals surface area (Å²) in [5.74, 6) is 0.687. The minimum absolute atomic E-state index is 0.0909. The number of carbonyl (C=O) groups excluding carboxylic acids is 1. The summed E-state index contributed by atoms with van der Waals surface area (Å²) >= 11 is 0. The third kappa shape index (κ3) is 3.59. The Labute approximate surface area is 113 Å². The highest BCUT2D eigenvalue weighted by molar-refractivity contribution is 5.81. The summed E-state index contributed by atoms with van der Waals surface area (Å²) in [6.45, 7) is 3.58. The second-order valence-electron chi connectivity index (χ2n) is 5.09. The minimum Gasteiger partial charge on any atom is -0.477 e. The van der Waals surface area contributed by atoms with Gasteiger partial charge in [-0.05, 0) is 38.8 Å². The van der Waals surface area contributed by atoms with Crippen LogP contribution in [-0.2, 0) is 4.79 Å². The Morgan fingerprint density at radius 2 is 2.16 bits per heavy atom. The lowest BCUT2D eigenvalue weighted by atomic mass is 10.2. The Morgan fingerprint density at radius 1 is 1.47 bits per heavy atom. The van der Waals surface area contributed by atoms with Crippen LogP contribution in [0.2, 0.25) is 0 Å². The van der Waals surface area contributed by atoms with Crippen LogP contribution in [0.1, 0.15) is 38.3 Å². The molecule has 1 atom stereocenters. The van der Waals surface area contributed by atoms with Crippen molar-refractivity contribution < 1.29 is 9.53 Å². The Morgan fingerprint density at radius 3 is 2.79 bits per heavy atom. The zero-order valence-electron chi connectivity index (χ0n) is 11.5. The first-order chi connectivity index (χ1) is 9.06. The molecular weight excluding hydrogens is 242 g/mol. The molecule has 0 radical (unpaired) electrons. The van der Waals surface area contributed by atoms with Gasteiger partial charge in [-0.2, -0.15) is 0 Å². The quantitative estimate of drug-likeness (QED) is 0.868. The average Bonchev–Trinajstić information content (AvgIpc) is 2.85. The van der Waals surface area contributed by atoms with Crippen LogP contribution < -0.4 is 15.8 Å². The molecule has 1 aromatic rings. The van der Waals surface area contributed by atoms with E-state index >= 15 is 0 Å². The number of nitrogens with two attached hydrogens (primary N) is 1. The van der Waals surface area contributed by atoms with Crippen molar-refractivity contribution in [1.29, 1.82) is 0 Å². The van der Waals surface area contributed by atoms with Crippen molar-refractivity contribution in [3.63, 3.8) is 0 Å². The summed E-state index contributed by atoms with van der Waals surface area (Å²) in [4.78, 5) is 16.1. The van der Waals surface area contributed by atoms with Gasteiger partial charge in [-0.1, -0.05) is 12.8 Å². The van der Waals surface area contributed by atoms with Gasteiger partial charge in [0.1, 0.15) is 0 Å². The van der Waals surface area contributed by atoms with E-state index in [0.29, 0.717) is 17.6 Å². The molecule has 0 spiro atoms. The second-order valence-corrected chi connectivity index (χ2v) is 5.09. The highest BCUT2D eigenvalue weighted by atomic mass is 16.5. The van der Waals surface area contributed by atoms with Crippen LogP contribution in [0, 0.1) is 6.92 Å². The summed E-state index contributed by atoms with van der Waals surface area (Å²) in [5.41, 5.74) is 6.59. The Hall–Kier alpha value is -1.78. The Balaban J connectivity index is 1.92. The molecule has 104 valence electrons. The maximum atomic E-state index is 12.0. The molecule has 1 aliphatic carbocycles. The van der Waals surface area contributed by atoms with Gasteiger partial charge >= 0.3 is 0 Å². The number of amides is 1. The molecule has 1 saturated carbocycles. The summed E-state index contributed by atoms with van der Waals surface area (Å²) in [5, 5.41) is 3.00. The van der Waals surface area contributed by atoms with Crippen LogP contribution in [0.15, 0.2) is 12.1 Å². The van der Waals surface area contributed by atoms with E-state index in [1.807, 2.05) is 13.0 Å². The van der Waals surface area contributed by atoms with E-state index in [2.05, 4.69) is 10.3 Å². The fourth-order valence-corrected chi connectivity index (χ4v) is 2.30. The second kappa shape index (κ2) is 5.91. The molecule has 0 aromatic carbocycles. The maximum absolute atomic E-state index is 12.0. The lowest BCUT2D eigenvalue weighted by molar-refractivity contribution is -0.127. The number of pyridine rings is 1. The largest absolute Gasteiger partial charge is 0.477 e. The normalized spacial score (nSPS) is 17.2. The molecule has 3 N–H and O–H groups in total. The molecule has 2 rings (SSSR count). The first-order valence-electron chi connectivity index (χ1n) is 6.76. The van der Waals surface area contributed by atoms with E-state index < -0.39 is 6.10 Å². The number of ether oxygens (including phenoxy) is 1. The molecule has 0 bridgehead atoms. The summed E-state index contributed by atoms with van der Waals surface area (Å²) in [6, 6.07) is 3.86. The van der Waals surface area contributed by atoms with E-state index in [9.17, 15) is 4.79 Å². The van der Waals surface area contributed by atoms with Crippen LogP contribution in [0.5, 0.6) is 5.75 Å². The van der Waals surface area contributed by atoms with Crippen LogP contribution in [0.4, 0.5) is 5.82 Å². The summed E-state index contributed by atoms with van der Waals surface area (Å²) < 4.78 is 5.57. The smallest absolute Gasteiger partial charge is 0.260 e. The number of nitrogens with one attached hydrogen (secondary N) is 1. The molecular formula is C14H21N3O2. The highest BCUT2D eigenvalue weighted by Crippen LogP contribution is 2.21. The monoisotopic (exact) mass is 263 g/mol. The average molecular weight is 263 g/mol. The van der Waals surface area contributed by atoms with Gasteiger partial charge in [0.2, 0.25) is 0 Å². The predicted molar refractivity (Wildman–Crippen MR) is 73.9 cm³/mol. The number of hydrogen-bond acceptors (Lipinski definition) is 4. The third-order valence-electron chi connectivity index (χ3n) is 3.40. The van der Waals surface area contributed by atoms with Crippen molar-refractivity contribution in [3.05, 3.63) is 17.8 Å². The van der Waals surface area contributed by atoms with Crippen LogP contribution in [0.25, 0.3) is 0 Å². The van der Waals surface area contributed by atoms with Crippen molar-refractivity contribution in [2.45, 2.75) is 51.7 Å². The topological polar surface area (TPSA) is 77.2 Å². The number of carbonyl (C=O) groups is 1. The number of nitrogen functional groups attached to an aromatic ring is 1. The lowest BCUT2D eigenvalue weighted by Crippen LogP contribution is -2.41. The van der Waals surface area contributed by atoms with Gasteiger partial charge in [0.15, 0.2) is 17.7 Å². The molecule has 1 unspecified atom stereocenters. The highest BCUT2D eigenvalue weighted by Gasteiger charge is 2.22. The summed E-state index contributed by atoms with van der Waals surface area (Å²) in [6.07, 6.45) is 3.94. The van der Waals surface area contributed by atoms with Crippen molar-refractivity contribution in [3.8, 4) is 5.75 Å². The third-order valence-corrected chi connectivity index (χ3v) is 3.40. The number of aryl methyl sites for hydroxylation is 1. The van der Waals surface area contributed by atoms with E-state index in [1.165, 1.54) is 12.8 Å². The van der Waals surface area contributed by atoms with Gasteiger partial charge in [0, 0.05) is 11.7 Å². The number of nitrogens with zero attached hydrogens (tertiary/aromatic N) is 1. The van der Waals surface area contributed by atoms with Crippen molar-refractivity contribution >= 4 is 11.7 Å². The van der Waals surface area contributed by atoms with Gasteiger partial charge < -0.3 is 15.8 Å². The maximum Gasteiger partial charge on any atom is 0.260 e. The number of rotatable bonds is 4. The zero-order valence-corrected chi connectivity index (χ0v) is 11.5. The molecule has 1 aromatic heterocycles. The molecule has 1 amide bonds. The molecule has 1 fully saturated rings. The van der Waals surface area contributed by atoms with Gasteiger partial charge in [-0.3, -0.25) is 4.79 Å². The molecule has 0 saturated heterocycles. The standard InChI is InChI=1S/C14H21N3O2/c1-9-7-8-12(13(15)16-9)19-10(2)14(18)17-11-5-3-4-6-11/h7-8,10-11H,3-6H2,1-2H3,(H2,15,16)(H,17,18). The van der Waals surface area contributed by atoms with Gasteiger partial charge in [0.25, 0.3) is 5.91 Å². The Bertz CT molecular complexity index is 456. The Kier molecular flexibility index (Phi) is 4.24. The van der Waals surface area contributed by atoms with Crippen molar-refractivity contribution in [1.82, 2.24) is 10.3 Å². The predicted octanol–water partition coefficient (Wildman–Crippen LogP) is 1.80. The van der Waals surface area contributed by atoms with Gasteiger partial charge in [0.05, 0.1) is 0 Å². The minimum atomic E-state index is -0.563. The van der Waals surface area contributed by atoms with E-state index in [0.717, 1.165) is 18.5 Å². The first-order valence-corrected chi connectivity index (χ1v) is 6.76. The molecule has 0 aliphatic heterocycles. The summed E-state index contributed by atoms with van der Waals surface area (Å²) in [7, 11) is 0. The van der Waals surface area contributed by atoms with Crippen molar-refractivity contribution in [2.24, 2.45) is 0 Å². The number of anilines is 1. The zero-order chi connectivity index (χ0) is 13.8. The fraction of sp³-hybridized carbons (Fsp3) is 0.571. The molecule has 19 heavy (non-hydrogen) atoms. The van der Waals surface area contributed by atoms with E-state index in [-0.39, 0.29) is 5.91 Å². The van der Waals surface area contributed by atoms with Crippen LogP contribution in [0.3, 0.4) is 0 Å². The molecule has 1 heterocycles. The van der Waals surface area contributed by atoms with E-state index in [4.69, 9.17) is 10.5 Å². The molecule has 1 aliphatic rings. The molecule has 5 heteroatoms. The number of hydrogen-bond donors (Lipinski definition) is 2. The van der Waals surface area contributed by atoms with Gasteiger partial charge in [-0.25, -0.2) is 4.98 Å². The van der Waals surface area contributed by atoms with Crippen LogP contribution in [-0.4, -0.2) is 23.0 Å². The van der Waals surface area contributed by atoms with E-state index in [1.54, 1.807) is 13.0 Å². The first kappa shape index (κ1) is 13.6. The van der Waals surface area contributed by atoms with Crippen molar-refractivity contribution in [2.75, 3.05) is 5.73 Å². The lowest BCUT2D eigenvalue weighted by Gasteiger charge is -2.18. The fourth-order valence-electron chi connectivity index (χ4n) is 2.30. The number of aromatic nitrogens is 1. The molecule has 5 nitrogen and oxygen atoms in total. The van der Waals surface area contributed by atoms with Crippen LogP contribution >= 0.6 is 0 Å². The van der Waals surface area contributed by atoms with Gasteiger partial charge in [-0.15, -0.1) is 0 Å². The SMILES string of the molecule is Cc1ccc(OC(C)C(=O)NC2CCCC2)c(N)n1.